The van der Waals surface area contributed by atoms with Crippen molar-refractivity contribution in [1.29, 1.82) is 0 Å². The Balaban J connectivity index is 0.00000112. The van der Waals surface area contributed by atoms with E-state index >= 15 is 0 Å². The summed E-state index contributed by atoms with van der Waals surface area (Å²) in [6, 6.07) is 10.8. The van der Waals surface area contributed by atoms with Crippen LogP contribution in [-0.2, 0) is 6.54 Å². The standard InChI is InChI=1S/C13H19N.H3N/c1-12-7-9-14(10-8-12)11-13-5-3-2-4-6-13;/h2-6,12H,7-11H2,1H3;1H3. The average molecular weight is 206 g/mol. The Kier molecular flexibility index (Phi) is 4.79. The van der Waals surface area contributed by atoms with E-state index in [2.05, 4.69) is 42.2 Å². The molecule has 0 saturated carbocycles. The van der Waals surface area contributed by atoms with E-state index in [1.54, 1.807) is 0 Å². The van der Waals surface area contributed by atoms with Crippen LogP contribution in [0.2, 0.25) is 0 Å². The molecule has 84 valence electrons. The van der Waals surface area contributed by atoms with Gasteiger partial charge in [-0.15, -0.1) is 0 Å². The first-order chi connectivity index (χ1) is 6.84. The Morgan fingerprint density at radius 1 is 1.13 bits per heavy atom. The minimum Gasteiger partial charge on any atom is -0.344 e. The molecule has 2 rings (SSSR count). The molecule has 1 aliphatic rings. The van der Waals surface area contributed by atoms with E-state index in [4.69, 9.17) is 0 Å². The SMILES string of the molecule is CC1CCN(Cc2ccccc2)CC1.N. The Hall–Kier alpha value is -0.860. The van der Waals surface area contributed by atoms with Crippen LogP contribution in [0.4, 0.5) is 0 Å². The number of likely N-dealkylation sites (tertiary alicyclic amines) is 1. The molecule has 0 aliphatic carbocycles. The van der Waals surface area contributed by atoms with E-state index in [-0.39, 0.29) is 6.15 Å². The lowest BCUT2D eigenvalue weighted by molar-refractivity contribution is 0.185. The van der Waals surface area contributed by atoms with Gasteiger partial charge in [-0.3, -0.25) is 4.90 Å². The van der Waals surface area contributed by atoms with E-state index in [1.807, 2.05) is 0 Å². The average Bonchev–Trinajstić information content (AvgIpc) is 2.23. The van der Waals surface area contributed by atoms with Crippen molar-refractivity contribution < 1.29 is 0 Å². The summed E-state index contributed by atoms with van der Waals surface area (Å²) in [5.41, 5.74) is 1.45. The quantitative estimate of drug-likeness (QED) is 0.807. The lowest BCUT2D eigenvalue weighted by Gasteiger charge is -2.30. The highest BCUT2D eigenvalue weighted by Gasteiger charge is 2.15. The third-order valence-corrected chi connectivity index (χ3v) is 3.13. The third-order valence-electron chi connectivity index (χ3n) is 3.13. The second kappa shape index (κ2) is 5.89. The van der Waals surface area contributed by atoms with Crippen LogP contribution in [-0.4, -0.2) is 18.0 Å². The van der Waals surface area contributed by atoms with E-state index in [1.165, 1.54) is 31.5 Å². The molecular formula is C13H22N2. The second-order valence-corrected chi connectivity index (χ2v) is 4.44. The molecule has 1 fully saturated rings. The molecule has 1 saturated heterocycles. The zero-order chi connectivity index (χ0) is 9.80. The molecule has 0 radical (unpaired) electrons. The van der Waals surface area contributed by atoms with Gasteiger partial charge in [-0.25, -0.2) is 0 Å². The Bertz CT molecular complexity index is 263. The van der Waals surface area contributed by atoms with E-state index in [0.717, 1.165) is 12.5 Å². The first kappa shape index (κ1) is 12.2. The van der Waals surface area contributed by atoms with E-state index < -0.39 is 0 Å². The van der Waals surface area contributed by atoms with Crippen LogP contribution in [0, 0.1) is 5.92 Å². The maximum atomic E-state index is 2.56. The van der Waals surface area contributed by atoms with E-state index in [9.17, 15) is 0 Å². The second-order valence-electron chi connectivity index (χ2n) is 4.44. The molecule has 1 aliphatic heterocycles. The lowest BCUT2D eigenvalue weighted by Crippen LogP contribution is -2.32. The summed E-state index contributed by atoms with van der Waals surface area (Å²) in [5.74, 6) is 0.932. The van der Waals surface area contributed by atoms with Crippen molar-refractivity contribution in [2.24, 2.45) is 5.92 Å². The summed E-state index contributed by atoms with van der Waals surface area (Å²) in [4.78, 5) is 2.56. The van der Waals surface area contributed by atoms with Crippen LogP contribution < -0.4 is 6.15 Å². The fourth-order valence-corrected chi connectivity index (χ4v) is 2.06. The van der Waals surface area contributed by atoms with Crippen molar-refractivity contribution in [2.45, 2.75) is 26.3 Å². The first-order valence-electron chi connectivity index (χ1n) is 5.61. The van der Waals surface area contributed by atoms with Crippen molar-refractivity contribution in [2.75, 3.05) is 13.1 Å². The molecule has 0 atom stereocenters. The molecule has 2 nitrogen and oxygen atoms in total. The van der Waals surface area contributed by atoms with Gasteiger partial charge in [-0.05, 0) is 37.4 Å². The van der Waals surface area contributed by atoms with Crippen LogP contribution in [0.5, 0.6) is 0 Å². The Morgan fingerprint density at radius 3 is 2.33 bits per heavy atom. The highest BCUT2D eigenvalue weighted by molar-refractivity contribution is 5.14. The third kappa shape index (κ3) is 3.65. The summed E-state index contributed by atoms with van der Waals surface area (Å²) in [6.45, 7) is 6.04. The van der Waals surface area contributed by atoms with Crippen molar-refractivity contribution in [3.8, 4) is 0 Å². The summed E-state index contributed by atoms with van der Waals surface area (Å²) in [5, 5.41) is 0. The van der Waals surface area contributed by atoms with Crippen molar-refractivity contribution in [3.05, 3.63) is 35.9 Å². The number of hydrogen-bond donors (Lipinski definition) is 1. The zero-order valence-corrected chi connectivity index (χ0v) is 9.65. The summed E-state index contributed by atoms with van der Waals surface area (Å²) >= 11 is 0. The van der Waals surface area contributed by atoms with Crippen molar-refractivity contribution >= 4 is 0 Å². The number of nitrogens with zero attached hydrogens (tertiary/aromatic N) is 1. The maximum absolute atomic E-state index is 2.56. The van der Waals surface area contributed by atoms with Gasteiger partial charge in [-0.2, -0.15) is 0 Å². The monoisotopic (exact) mass is 206 g/mol. The highest BCUT2D eigenvalue weighted by atomic mass is 15.1. The topological polar surface area (TPSA) is 38.2 Å². The van der Waals surface area contributed by atoms with Gasteiger partial charge in [0.1, 0.15) is 0 Å². The molecule has 0 spiro atoms. The van der Waals surface area contributed by atoms with Gasteiger partial charge >= 0.3 is 0 Å². The zero-order valence-electron chi connectivity index (χ0n) is 9.65. The summed E-state index contributed by atoms with van der Waals surface area (Å²) in [6.07, 6.45) is 2.74. The smallest absolute Gasteiger partial charge is 0.0233 e. The molecule has 1 heterocycles. The molecule has 1 aromatic rings. The summed E-state index contributed by atoms with van der Waals surface area (Å²) in [7, 11) is 0. The molecule has 0 aromatic heterocycles. The predicted octanol–water partition coefficient (Wildman–Crippen LogP) is 3.08. The van der Waals surface area contributed by atoms with E-state index in [0.29, 0.717) is 0 Å². The van der Waals surface area contributed by atoms with Gasteiger partial charge in [0.2, 0.25) is 0 Å². The van der Waals surface area contributed by atoms with Gasteiger partial charge in [0, 0.05) is 6.54 Å². The highest BCUT2D eigenvalue weighted by Crippen LogP contribution is 2.17. The van der Waals surface area contributed by atoms with Crippen LogP contribution in [0.1, 0.15) is 25.3 Å². The molecule has 0 unspecified atom stereocenters. The van der Waals surface area contributed by atoms with Crippen molar-refractivity contribution in [1.82, 2.24) is 11.1 Å². The van der Waals surface area contributed by atoms with Gasteiger partial charge in [0.05, 0.1) is 0 Å². The van der Waals surface area contributed by atoms with Gasteiger partial charge in [0.25, 0.3) is 0 Å². The van der Waals surface area contributed by atoms with Gasteiger partial charge in [0.15, 0.2) is 0 Å². The van der Waals surface area contributed by atoms with Crippen LogP contribution in [0.15, 0.2) is 30.3 Å². The summed E-state index contributed by atoms with van der Waals surface area (Å²) < 4.78 is 0. The maximum Gasteiger partial charge on any atom is 0.0233 e. The van der Waals surface area contributed by atoms with Gasteiger partial charge in [-0.1, -0.05) is 37.3 Å². The lowest BCUT2D eigenvalue weighted by atomic mass is 9.99. The molecule has 2 heteroatoms. The first-order valence-corrected chi connectivity index (χ1v) is 5.61. The fourth-order valence-electron chi connectivity index (χ4n) is 2.06. The Morgan fingerprint density at radius 2 is 1.73 bits per heavy atom. The molecule has 3 N–H and O–H groups in total. The largest absolute Gasteiger partial charge is 0.344 e. The van der Waals surface area contributed by atoms with Crippen LogP contribution in [0.25, 0.3) is 0 Å². The Labute approximate surface area is 92.9 Å². The molecule has 15 heavy (non-hydrogen) atoms. The van der Waals surface area contributed by atoms with Gasteiger partial charge < -0.3 is 6.15 Å². The van der Waals surface area contributed by atoms with Crippen LogP contribution in [0.3, 0.4) is 0 Å². The normalized spacial score (nSPS) is 18.5. The molecule has 1 aromatic carbocycles. The predicted molar refractivity (Wildman–Crippen MR) is 65.1 cm³/mol. The number of hydrogen-bond acceptors (Lipinski definition) is 2. The minimum atomic E-state index is 0. The number of benzene rings is 1. The number of rotatable bonds is 2. The number of piperidine rings is 1. The fraction of sp³-hybridized carbons (Fsp3) is 0.538. The molecule has 0 amide bonds. The van der Waals surface area contributed by atoms with Crippen LogP contribution >= 0.6 is 0 Å². The van der Waals surface area contributed by atoms with Crippen molar-refractivity contribution in [3.63, 3.8) is 0 Å². The molecule has 0 bridgehead atoms. The minimum absolute atomic E-state index is 0. The molecular weight excluding hydrogens is 184 g/mol.